The van der Waals surface area contributed by atoms with Crippen LogP contribution in [-0.2, 0) is 38.3 Å². The summed E-state index contributed by atoms with van der Waals surface area (Å²) in [6.07, 6.45) is -2.71. The number of hydrogen-bond donors (Lipinski definition) is 1. The van der Waals surface area contributed by atoms with Gasteiger partial charge in [0.1, 0.15) is 5.60 Å². The molecule has 45 heavy (non-hydrogen) atoms. The molecule has 12 heteroatoms. The Morgan fingerprint density at radius 1 is 0.956 bits per heavy atom. The summed E-state index contributed by atoms with van der Waals surface area (Å²) in [5.41, 5.74) is -0.0937. The van der Waals surface area contributed by atoms with Gasteiger partial charge >= 0.3 is 12.3 Å². The Labute approximate surface area is 261 Å². The predicted octanol–water partition coefficient (Wildman–Crippen LogP) is 4.78. The van der Waals surface area contributed by atoms with Gasteiger partial charge < -0.3 is 24.8 Å². The molecule has 2 aliphatic heterocycles. The molecule has 2 aromatic carbocycles. The molecule has 2 saturated heterocycles. The number of nitrogens with one attached hydrogen (secondary N) is 1. The highest BCUT2D eigenvalue weighted by Crippen LogP contribution is 2.30. The quantitative estimate of drug-likeness (QED) is 0.453. The number of likely N-dealkylation sites (tertiary alicyclic amines) is 1. The first-order valence-electron chi connectivity index (χ1n) is 15.2. The van der Waals surface area contributed by atoms with Gasteiger partial charge in [-0.15, -0.1) is 0 Å². The van der Waals surface area contributed by atoms with Crippen LogP contribution in [0.2, 0.25) is 0 Å². The second-order valence-electron chi connectivity index (χ2n) is 12.7. The average Bonchev–Trinajstić information content (AvgIpc) is 3.12. The van der Waals surface area contributed by atoms with Crippen LogP contribution in [0.4, 0.5) is 18.0 Å². The van der Waals surface area contributed by atoms with E-state index >= 15 is 0 Å². The van der Waals surface area contributed by atoms with Crippen molar-refractivity contribution in [2.45, 2.75) is 83.3 Å². The van der Waals surface area contributed by atoms with Gasteiger partial charge in [-0.2, -0.15) is 13.2 Å². The number of rotatable bonds is 8. The second-order valence-corrected chi connectivity index (χ2v) is 12.7. The smallest absolute Gasteiger partial charge is 0.416 e. The number of alkyl halides is 3. The molecule has 0 radical (unpaired) electrons. The number of alkyl carbamates (subject to hydrolysis) is 1. The molecule has 0 aliphatic carbocycles. The van der Waals surface area contributed by atoms with Gasteiger partial charge in [0.05, 0.1) is 24.7 Å². The molecule has 2 heterocycles. The Hall–Kier alpha value is -4.09. The number of ether oxygens (including phenoxy) is 1. The normalized spacial score (nSPS) is 19.7. The summed E-state index contributed by atoms with van der Waals surface area (Å²) in [6.45, 7) is 5.04. The summed E-state index contributed by atoms with van der Waals surface area (Å²) < 4.78 is 45.4. The minimum atomic E-state index is -4.51. The third-order valence-corrected chi connectivity index (χ3v) is 7.87. The fourth-order valence-corrected chi connectivity index (χ4v) is 5.68. The molecule has 0 saturated carbocycles. The number of amides is 4. The zero-order chi connectivity index (χ0) is 32.8. The summed E-state index contributed by atoms with van der Waals surface area (Å²) in [7, 11) is 0. The number of halogens is 3. The molecule has 4 rings (SSSR count). The van der Waals surface area contributed by atoms with Crippen molar-refractivity contribution in [3.05, 3.63) is 71.3 Å². The van der Waals surface area contributed by atoms with Crippen molar-refractivity contribution in [1.29, 1.82) is 0 Å². The summed E-state index contributed by atoms with van der Waals surface area (Å²) in [6, 6.07) is 13.7. The maximum Gasteiger partial charge on any atom is 0.416 e. The van der Waals surface area contributed by atoms with Gasteiger partial charge in [-0.25, -0.2) is 4.79 Å². The number of piperazine rings is 1. The van der Waals surface area contributed by atoms with Crippen molar-refractivity contribution >= 4 is 23.8 Å². The Balaban J connectivity index is 1.47. The molecule has 1 N–H and O–H groups in total. The van der Waals surface area contributed by atoms with Crippen LogP contribution in [0.3, 0.4) is 0 Å². The minimum Gasteiger partial charge on any atom is -0.444 e. The van der Waals surface area contributed by atoms with E-state index in [0.29, 0.717) is 31.2 Å². The van der Waals surface area contributed by atoms with Gasteiger partial charge in [-0.3, -0.25) is 14.4 Å². The summed E-state index contributed by atoms with van der Waals surface area (Å²) in [4.78, 5) is 56.7. The number of hydrogen-bond acceptors (Lipinski definition) is 5. The summed E-state index contributed by atoms with van der Waals surface area (Å²) in [5.74, 6) is -0.998. The lowest BCUT2D eigenvalue weighted by Crippen LogP contribution is -2.59. The Morgan fingerprint density at radius 2 is 1.67 bits per heavy atom. The lowest BCUT2D eigenvalue weighted by Gasteiger charge is -2.42. The van der Waals surface area contributed by atoms with Crippen LogP contribution in [0.25, 0.3) is 0 Å². The van der Waals surface area contributed by atoms with Crippen molar-refractivity contribution in [2.24, 2.45) is 0 Å². The van der Waals surface area contributed by atoms with Crippen molar-refractivity contribution in [3.63, 3.8) is 0 Å². The number of nitrogens with zero attached hydrogens (tertiary/aromatic N) is 3. The zero-order valence-corrected chi connectivity index (χ0v) is 25.9. The van der Waals surface area contributed by atoms with E-state index in [2.05, 4.69) is 5.32 Å². The molecule has 4 amide bonds. The highest BCUT2D eigenvalue weighted by Gasteiger charge is 2.37. The van der Waals surface area contributed by atoms with Crippen LogP contribution < -0.4 is 5.32 Å². The molecule has 0 spiro atoms. The molecule has 9 nitrogen and oxygen atoms in total. The van der Waals surface area contributed by atoms with Crippen molar-refractivity contribution < 1.29 is 37.1 Å². The topological polar surface area (TPSA) is 99.3 Å². The van der Waals surface area contributed by atoms with E-state index in [4.69, 9.17) is 4.74 Å². The predicted molar refractivity (Wildman–Crippen MR) is 161 cm³/mol. The number of aryl methyl sites for hydroxylation is 1. The van der Waals surface area contributed by atoms with E-state index in [-0.39, 0.29) is 51.0 Å². The molecule has 244 valence electrons. The Morgan fingerprint density at radius 3 is 2.36 bits per heavy atom. The van der Waals surface area contributed by atoms with Gasteiger partial charge in [0.2, 0.25) is 17.7 Å². The van der Waals surface area contributed by atoms with Gasteiger partial charge in [-0.05, 0) is 69.7 Å². The summed E-state index contributed by atoms with van der Waals surface area (Å²) >= 11 is 0. The highest BCUT2D eigenvalue weighted by atomic mass is 19.4. The second kappa shape index (κ2) is 14.3. The molecule has 2 fully saturated rings. The first kappa shape index (κ1) is 33.8. The number of carbonyl (C=O) groups excluding carboxylic acids is 4. The average molecular weight is 631 g/mol. The molecule has 2 aromatic rings. The fraction of sp³-hybridized carbons (Fsp3) is 0.515. The van der Waals surface area contributed by atoms with Crippen LogP contribution in [0.5, 0.6) is 0 Å². The van der Waals surface area contributed by atoms with Gasteiger partial charge in [0, 0.05) is 32.1 Å². The van der Waals surface area contributed by atoms with Crippen molar-refractivity contribution in [3.8, 4) is 0 Å². The van der Waals surface area contributed by atoms with Crippen LogP contribution >= 0.6 is 0 Å². The van der Waals surface area contributed by atoms with E-state index in [0.717, 1.165) is 17.7 Å². The van der Waals surface area contributed by atoms with E-state index in [1.54, 1.807) is 31.7 Å². The third-order valence-electron chi connectivity index (χ3n) is 7.87. The first-order valence-corrected chi connectivity index (χ1v) is 15.2. The minimum absolute atomic E-state index is 0.0210. The van der Waals surface area contributed by atoms with Crippen LogP contribution in [0, 0.1) is 0 Å². The monoisotopic (exact) mass is 630 g/mol. The summed E-state index contributed by atoms with van der Waals surface area (Å²) in [5, 5.41) is 2.80. The first-order chi connectivity index (χ1) is 21.2. The number of benzene rings is 2. The van der Waals surface area contributed by atoms with Gasteiger partial charge in [0.25, 0.3) is 0 Å². The molecule has 2 aliphatic rings. The van der Waals surface area contributed by atoms with Crippen molar-refractivity contribution in [2.75, 3.05) is 26.2 Å². The molecule has 0 unspecified atom stereocenters. The van der Waals surface area contributed by atoms with Gasteiger partial charge in [0.15, 0.2) is 0 Å². The largest absolute Gasteiger partial charge is 0.444 e. The van der Waals surface area contributed by atoms with E-state index < -0.39 is 41.4 Å². The van der Waals surface area contributed by atoms with Crippen LogP contribution in [-0.4, -0.2) is 82.4 Å². The third kappa shape index (κ3) is 9.95. The maximum absolute atomic E-state index is 13.6. The number of carbonyl (C=O) groups is 4. The maximum atomic E-state index is 13.6. The lowest BCUT2D eigenvalue weighted by atomic mass is 10.00. The van der Waals surface area contributed by atoms with Crippen LogP contribution in [0.15, 0.2) is 54.6 Å². The molecule has 2 atom stereocenters. The Bertz CT molecular complexity index is 1360. The lowest BCUT2D eigenvalue weighted by molar-refractivity contribution is -0.151. The highest BCUT2D eigenvalue weighted by molar-refractivity contribution is 5.89. The van der Waals surface area contributed by atoms with E-state index in [1.807, 2.05) is 30.3 Å². The van der Waals surface area contributed by atoms with Crippen LogP contribution in [0.1, 0.15) is 63.1 Å². The zero-order valence-electron chi connectivity index (χ0n) is 25.9. The van der Waals surface area contributed by atoms with E-state index in [9.17, 15) is 32.3 Å². The van der Waals surface area contributed by atoms with E-state index in [1.165, 1.54) is 15.9 Å². The van der Waals surface area contributed by atoms with Crippen molar-refractivity contribution in [1.82, 2.24) is 20.0 Å². The molecule has 0 bridgehead atoms. The van der Waals surface area contributed by atoms with Gasteiger partial charge in [-0.1, -0.05) is 42.5 Å². The SMILES string of the molecule is CC(C)(C)OC(=O)N[C@H]1CCCC(=O)N(CC(=O)N2CC(=O)N(Cc3cccc(C(F)(F)F)c3)[C@@H](CCc3ccccc3)C2)C1. The molecular weight excluding hydrogens is 589 g/mol. The molecular formula is C33H41F3N4O5. The molecule has 0 aromatic heterocycles. The fourth-order valence-electron chi connectivity index (χ4n) is 5.68. The standard InChI is InChI=1S/C33H41F3N4O5/c1-32(2,3)45-31(44)37-26-13-8-14-28(41)38(19-26)21-29(42)39-20-27(16-15-23-9-5-4-6-10-23)40(30(43)22-39)18-24-11-7-12-25(17-24)33(34,35)36/h4-7,9-12,17,26-27H,8,13-16,18-22H2,1-3H3,(H,37,44)/t26-,27-/m0/s1. The Kier molecular flexibility index (Phi) is 10.8.